The number of halogens is 1. The second kappa shape index (κ2) is 5.21. The standard InChI is InChI=1S/C12H22FNO3/c1-11(2,3)14-10(16)17-8-12(13)6-4-9(15)5-7-12/h9,15H,4-8H2,1-3H3,(H,14,16). The van der Waals surface area contributed by atoms with Crippen molar-refractivity contribution in [2.75, 3.05) is 6.61 Å². The fourth-order valence-electron chi connectivity index (χ4n) is 1.80. The summed E-state index contributed by atoms with van der Waals surface area (Å²) >= 11 is 0. The molecule has 0 heterocycles. The van der Waals surface area contributed by atoms with Crippen molar-refractivity contribution in [1.82, 2.24) is 5.32 Å². The summed E-state index contributed by atoms with van der Waals surface area (Å²) in [6.07, 6.45) is 0.345. The SMILES string of the molecule is CC(C)(C)NC(=O)OCC1(F)CCC(O)CC1. The minimum absolute atomic E-state index is 0.234. The molecule has 0 aliphatic heterocycles. The van der Waals surface area contributed by atoms with Crippen LogP contribution in [0.2, 0.25) is 0 Å². The molecule has 1 aliphatic rings. The molecule has 0 radical (unpaired) electrons. The molecule has 0 aromatic carbocycles. The Kier molecular flexibility index (Phi) is 4.36. The topological polar surface area (TPSA) is 58.6 Å². The number of carbonyl (C=O) groups excluding carboxylic acids is 1. The van der Waals surface area contributed by atoms with Crippen molar-refractivity contribution in [3.8, 4) is 0 Å². The number of carbonyl (C=O) groups is 1. The van der Waals surface area contributed by atoms with Crippen molar-refractivity contribution in [3.05, 3.63) is 0 Å². The van der Waals surface area contributed by atoms with Crippen LogP contribution in [-0.2, 0) is 4.74 Å². The van der Waals surface area contributed by atoms with Crippen LogP contribution in [0.5, 0.6) is 0 Å². The minimum atomic E-state index is -1.48. The Labute approximate surface area is 102 Å². The lowest BCUT2D eigenvalue weighted by Gasteiger charge is -2.31. The van der Waals surface area contributed by atoms with Crippen LogP contribution in [0, 0.1) is 0 Å². The number of alkyl halides is 1. The van der Waals surface area contributed by atoms with E-state index >= 15 is 0 Å². The predicted molar refractivity (Wildman–Crippen MR) is 62.6 cm³/mol. The van der Waals surface area contributed by atoms with Crippen LogP contribution in [0.15, 0.2) is 0 Å². The zero-order chi connectivity index (χ0) is 13.1. The third kappa shape index (κ3) is 5.35. The Morgan fingerprint density at radius 3 is 2.47 bits per heavy atom. The van der Waals surface area contributed by atoms with E-state index in [1.165, 1.54) is 0 Å². The van der Waals surface area contributed by atoms with Crippen molar-refractivity contribution >= 4 is 6.09 Å². The molecule has 0 aromatic heterocycles. The summed E-state index contributed by atoms with van der Waals surface area (Å²) in [5.74, 6) is 0. The molecule has 4 nitrogen and oxygen atoms in total. The van der Waals surface area contributed by atoms with E-state index < -0.39 is 17.9 Å². The van der Waals surface area contributed by atoms with Crippen LogP contribution in [0.1, 0.15) is 46.5 Å². The van der Waals surface area contributed by atoms with E-state index in [0.29, 0.717) is 12.8 Å². The fraction of sp³-hybridized carbons (Fsp3) is 0.917. The maximum absolute atomic E-state index is 14.1. The summed E-state index contributed by atoms with van der Waals surface area (Å²) in [7, 11) is 0. The van der Waals surface area contributed by atoms with Gasteiger partial charge in [-0.05, 0) is 46.5 Å². The van der Waals surface area contributed by atoms with Crippen molar-refractivity contribution in [3.63, 3.8) is 0 Å². The molecule has 5 heteroatoms. The molecule has 17 heavy (non-hydrogen) atoms. The van der Waals surface area contributed by atoms with Crippen LogP contribution >= 0.6 is 0 Å². The lowest BCUT2D eigenvalue weighted by atomic mass is 9.85. The number of nitrogens with one attached hydrogen (secondary N) is 1. The van der Waals surface area contributed by atoms with E-state index in [0.717, 1.165) is 0 Å². The average molecular weight is 247 g/mol. The van der Waals surface area contributed by atoms with Gasteiger partial charge in [-0.25, -0.2) is 9.18 Å². The number of ether oxygens (including phenoxy) is 1. The largest absolute Gasteiger partial charge is 0.446 e. The number of hydrogen-bond acceptors (Lipinski definition) is 3. The quantitative estimate of drug-likeness (QED) is 0.786. The molecule has 1 saturated carbocycles. The second-order valence-corrected chi connectivity index (χ2v) is 5.83. The highest BCUT2D eigenvalue weighted by Gasteiger charge is 2.36. The molecule has 1 rings (SSSR count). The Bertz CT molecular complexity index is 267. The number of alkyl carbamates (subject to hydrolysis) is 1. The lowest BCUT2D eigenvalue weighted by Crippen LogP contribution is -2.43. The maximum Gasteiger partial charge on any atom is 0.407 e. The van der Waals surface area contributed by atoms with Crippen LogP contribution in [-0.4, -0.2) is 35.1 Å². The van der Waals surface area contributed by atoms with Crippen molar-refractivity contribution in [1.29, 1.82) is 0 Å². The summed E-state index contributed by atoms with van der Waals surface area (Å²) in [6.45, 7) is 5.25. The highest BCUT2D eigenvalue weighted by atomic mass is 19.1. The Morgan fingerprint density at radius 2 is 2.00 bits per heavy atom. The van der Waals surface area contributed by atoms with Gasteiger partial charge in [-0.1, -0.05) is 0 Å². The van der Waals surface area contributed by atoms with Gasteiger partial charge in [0.15, 0.2) is 0 Å². The van der Waals surface area contributed by atoms with Gasteiger partial charge in [0, 0.05) is 5.54 Å². The first-order valence-electron chi connectivity index (χ1n) is 6.02. The van der Waals surface area contributed by atoms with E-state index in [-0.39, 0.29) is 25.0 Å². The second-order valence-electron chi connectivity index (χ2n) is 5.83. The van der Waals surface area contributed by atoms with Gasteiger partial charge in [-0.3, -0.25) is 0 Å². The van der Waals surface area contributed by atoms with Gasteiger partial charge >= 0.3 is 6.09 Å². The summed E-state index contributed by atoms with van der Waals surface area (Å²) in [5.41, 5.74) is -1.86. The third-order valence-corrected chi connectivity index (χ3v) is 2.79. The summed E-state index contributed by atoms with van der Waals surface area (Å²) < 4.78 is 19.0. The van der Waals surface area contributed by atoms with Crippen LogP contribution in [0.4, 0.5) is 9.18 Å². The Balaban J connectivity index is 2.32. The highest BCUT2D eigenvalue weighted by Crippen LogP contribution is 2.32. The van der Waals surface area contributed by atoms with Gasteiger partial charge in [0.05, 0.1) is 6.10 Å². The molecule has 1 fully saturated rings. The van der Waals surface area contributed by atoms with Crippen molar-refractivity contribution in [2.24, 2.45) is 0 Å². The molecule has 0 spiro atoms. The highest BCUT2D eigenvalue weighted by molar-refractivity contribution is 5.68. The number of hydrogen-bond donors (Lipinski definition) is 2. The smallest absolute Gasteiger partial charge is 0.407 e. The summed E-state index contributed by atoms with van der Waals surface area (Å²) in [6, 6.07) is 0. The van der Waals surface area contributed by atoms with E-state index in [1.807, 2.05) is 20.8 Å². The summed E-state index contributed by atoms with van der Waals surface area (Å²) in [4.78, 5) is 11.4. The van der Waals surface area contributed by atoms with Crippen molar-refractivity contribution in [2.45, 2.75) is 63.8 Å². The molecular formula is C12H22FNO3. The van der Waals surface area contributed by atoms with Gasteiger partial charge in [-0.15, -0.1) is 0 Å². The van der Waals surface area contributed by atoms with Gasteiger partial charge in [0.2, 0.25) is 0 Å². The molecule has 0 unspecified atom stereocenters. The molecule has 0 atom stereocenters. The van der Waals surface area contributed by atoms with Crippen LogP contribution in [0.3, 0.4) is 0 Å². The predicted octanol–water partition coefficient (Wildman–Crippen LogP) is 2.15. The molecule has 1 aliphatic carbocycles. The molecule has 0 aromatic rings. The van der Waals surface area contributed by atoms with E-state index in [1.54, 1.807) is 0 Å². The molecule has 1 amide bonds. The Hall–Kier alpha value is -0.840. The van der Waals surface area contributed by atoms with E-state index in [2.05, 4.69) is 5.32 Å². The lowest BCUT2D eigenvalue weighted by molar-refractivity contribution is -0.0120. The molecule has 100 valence electrons. The number of aliphatic hydroxyl groups is 1. The average Bonchev–Trinajstić information content (AvgIpc) is 2.18. The monoisotopic (exact) mass is 247 g/mol. The fourth-order valence-corrected chi connectivity index (χ4v) is 1.80. The molecule has 2 N–H and O–H groups in total. The zero-order valence-corrected chi connectivity index (χ0v) is 10.8. The number of aliphatic hydroxyl groups excluding tert-OH is 1. The molecule has 0 bridgehead atoms. The number of amides is 1. The van der Waals surface area contributed by atoms with Crippen molar-refractivity contribution < 1.29 is 19.0 Å². The maximum atomic E-state index is 14.1. The first kappa shape index (κ1) is 14.2. The molecule has 0 saturated heterocycles. The first-order valence-corrected chi connectivity index (χ1v) is 6.02. The first-order chi connectivity index (χ1) is 7.70. The molecular weight excluding hydrogens is 225 g/mol. The zero-order valence-electron chi connectivity index (χ0n) is 10.8. The van der Waals surface area contributed by atoms with Gasteiger partial charge in [0.25, 0.3) is 0 Å². The van der Waals surface area contributed by atoms with E-state index in [9.17, 15) is 14.3 Å². The van der Waals surface area contributed by atoms with Gasteiger partial charge in [-0.2, -0.15) is 0 Å². The Morgan fingerprint density at radius 1 is 1.47 bits per heavy atom. The van der Waals surface area contributed by atoms with E-state index in [4.69, 9.17) is 4.74 Å². The van der Waals surface area contributed by atoms with Crippen LogP contribution < -0.4 is 5.32 Å². The normalized spacial score (nSPS) is 29.8. The van der Waals surface area contributed by atoms with Gasteiger partial charge < -0.3 is 15.2 Å². The van der Waals surface area contributed by atoms with Crippen LogP contribution in [0.25, 0.3) is 0 Å². The van der Waals surface area contributed by atoms with Gasteiger partial charge in [0.1, 0.15) is 12.3 Å². The number of rotatable bonds is 2. The summed E-state index contributed by atoms with van der Waals surface area (Å²) in [5, 5.41) is 11.9. The third-order valence-electron chi connectivity index (χ3n) is 2.79. The minimum Gasteiger partial charge on any atom is -0.446 e.